The molecule has 0 unspecified atom stereocenters. The van der Waals surface area contributed by atoms with Crippen LogP contribution in [0.1, 0.15) is 28.7 Å². The van der Waals surface area contributed by atoms with Gasteiger partial charge in [-0.1, -0.05) is 13.0 Å². The highest BCUT2D eigenvalue weighted by atomic mass is 16.4. The Hall–Kier alpha value is -2.30. The second kappa shape index (κ2) is 3.85. The van der Waals surface area contributed by atoms with Gasteiger partial charge in [0.25, 0.3) is 0 Å². The molecule has 0 aliphatic heterocycles. The summed E-state index contributed by atoms with van der Waals surface area (Å²) >= 11 is 0. The number of carboxylic acid groups (broad SMARTS) is 1. The van der Waals surface area contributed by atoms with E-state index in [0.717, 1.165) is 17.5 Å². The lowest BCUT2D eigenvalue weighted by molar-refractivity contribution is 0.0688. The average molecular weight is 257 g/mol. The number of hydrogen-bond acceptors (Lipinski definition) is 2. The lowest BCUT2D eigenvalue weighted by atomic mass is 10.1. The van der Waals surface area contributed by atoms with Crippen LogP contribution in [0.4, 0.5) is 0 Å². The van der Waals surface area contributed by atoms with Gasteiger partial charge in [-0.05, 0) is 31.0 Å². The quantitative estimate of drug-likeness (QED) is 0.766. The summed E-state index contributed by atoms with van der Waals surface area (Å²) in [5.74, 6) is -0.264. The summed E-state index contributed by atoms with van der Waals surface area (Å²) in [5.41, 5.74) is 3.87. The van der Waals surface area contributed by atoms with Crippen molar-refractivity contribution in [1.29, 1.82) is 0 Å². The lowest BCUT2D eigenvalue weighted by Crippen LogP contribution is -2.03. The third kappa shape index (κ3) is 1.47. The molecule has 0 bridgehead atoms. The van der Waals surface area contributed by atoms with Gasteiger partial charge in [0.2, 0.25) is 5.78 Å². The molecule has 2 heterocycles. The molecular weight excluding hydrogens is 242 g/mol. The Morgan fingerprint density at radius 1 is 1.42 bits per heavy atom. The largest absolute Gasteiger partial charge is 0.477 e. The van der Waals surface area contributed by atoms with Gasteiger partial charge in [0, 0.05) is 12.7 Å². The summed E-state index contributed by atoms with van der Waals surface area (Å²) in [6, 6.07) is 5.98. The summed E-state index contributed by atoms with van der Waals surface area (Å²) in [7, 11) is 1.84. The summed E-state index contributed by atoms with van der Waals surface area (Å²) in [6.07, 6.45) is 0.939. The van der Waals surface area contributed by atoms with E-state index in [4.69, 9.17) is 0 Å². The van der Waals surface area contributed by atoms with Gasteiger partial charge in [0.05, 0.1) is 11.0 Å². The maximum atomic E-state index is 11.5. The zero-order valence-corrected chi connectivity index (χ0v) is 11.1. The van der Waals surface area contributed by atoms with E-state index in [2.05, 4.69) is 11.9 Å². The molecule has 5 nitrogen and oxygen atoms in total. The average Bonchev–Trinajstić information content (AvgIpc) is 2.86. The van der Waals surface area contributed by atoms with Crippen LogP contribution in [0, 0.1) is 6.92 Å². The predicted octanol–water partition coefficient (Wildman–Crippen LogP) is 2.40. The topological polar surface area (TPSA) is 59.5 Å². The van der Waals surface area contributed by atoms with E-state index < -0.39 is 5.97 Å². The zero-order valence-electron chi connectivity index (χ0n) is 11.1. The van der Waals surface area contributed by atoms with Crippen molar-refractivity contribution in [3.05, 3.63) is 35.2 Å². The highest BCUT2D eigenvalue weighted by Gasteiger charge is 2.21. The van der Waals surface area contributed by atoms with Crippen molar-refractivity contribution in [2.75, 3.05) is 0 Å². The zero-order chi connectivity index (χ0) is 13.7. The Bertz CT molecular complexity index is 811. The fourth-order valence-corrected chi connectivity index (χ4v) is 2.50. The summed E-state index contributed by atoms with van der Waals surface area (Å²) < 4.78 is 3.53. The van der Waals surface area contributed by atoms with Crippen LogP contribution in [0.3, 0.4) is 0 Å². The molecule has 0 radical (unpaired) electrons. The lowest BCUT2D eigenvalue weighted by Gasteiger charge is -1.99. The van der Waals surface area contributed by atoms with E-state index in [9.17, 15) is 9.90 Å². The van der Waals surface area contributed by atoms with Crippen LogP contribution < -0.4 is 0 Å². The van der Waals surface area contributed by atoms with Gasteiger partial charge in [0.1, 0.15) is 0 Å². The highest BCUT2D eigenvalue weighted by molar-refractivity contribution is 5.92. The molecule has 0 spiro atoms. The van der Waals surface area contributed by atoms with Crippen molar-refractivity contribution in [1.82, 2.24) is 14.0 Å². The van der Waals surface area contributed by atoms with Crippen molar-refractivity contribution in [2.24, 2.45) is 7.05 Å². The van der Waals surface area contributed by atoms with E-state index in [-0.39, 0.29) is 5.69 Å². The molecule has 0 saturated carbocycles. The van der Waals surface area contributed by atoms with Crippen LogP contribution >= 0.6 is 0 Å². The number of nitrogens with zero attached hydrogens (tertiary/aromatic N) is 3. The number of aromatic nitrogens is 3. The molecule has 3 rings (SSSR count). The van der Waals surface area contributed by atoms with Gasteiger partial charge in [-0.2, -0.15) is 0 Å². The number of imidazole rings is 2. The molecule has 1 N–H and O–H groups in total. The molecule has 0 aliphatic carbocycles. The normalized spacial score (nSPS) is 11.5. The van der Waals surface area contributed by atoms with Gasteiger partial charge in [-0.15, -0.1) is 0 Å². The summed E-state index contributed by atoms with van der Waals surface area (Å²) in [4.78, 5) is 16.0. The van der Waals surface area contributed by atoms with E-state index in [0.29, 0.717) is 11.5 Å². The molecule has 0 fully saturated rings. The van der Waals surface area contributed by atoms with Crippen LogP contribution in [0.2, 0.25) is 0 Å². The number of hydrogen-bond donors (Lipinski definition) is 1. The first kappa shape index (κ1) is 11.8. The van der Waals surface area contributed by atoms with Crippen molar-refractivity contribution in [3.8, 4) is 0 Å². The molecule has 1 aromatic carbocycles. The van der Waals surface area contributed by atoms with Crippen LogP contribution in [0.5, 0.6) is 0 Å². The SMILES string of the molecule is CCc1ccc2c(c1)nc1n(C)c(C)c(C(=O)O)n21. The van der Waals surface area contributed by atoms with E-state index in [1.165, 1.54) is 5.56 Å². The molecule has 19 heavy (non-hydrogen) atoms. The van der Waals surface area contributed by atoms with Gasteiger partial charge in [-0.3, -0.25) is 4.40 Å². The first-order valence-electron chi connectivity index (χ1n) is 6.24. The predicted molar refractivity (Wildman–Crippen MR) is 72.7 cm³/mol. The molecule has 2 aromatic heterocycles. The number of benzene rings is 1. The first-order valence-corrected chi connectivity index (χ1v) is 6.24. The van der Waals surface area contributed by atoms with Crippen LogP contribution in [0.15, 0.2) is 18.2 Å². The number of fused-ring (bicyclic) bond motifs is 3. The smallest absolute Gasteiger partial charge is 0.354 e. The second-order valence-electron chi connectivity index (χ2n) is 4.72. The van der Waals surface area contributed by atoms with Crippen LogP contribution in [-0.2, 0) is 13.5 Å². The molecule has 5 heteroatoms. The van der Waals surface area contributed by atoms with Crippen molar-refractivity contribution >= 4 is 22.8 Å². The molecule has 98 valence electrons. The molecule has 3 aromatic rings. The van der Waals surface area contributed by atoms with Crippen LogP contribution in [-0.4, -0.2) is 25.0 Å². The Morgan fingerprint density at radius 3 is 2.79 bits per heavy atom. The number of rotatable bonds is 2. The standard InChI is InChI=1S/C14H15N3O2/c1-4-9-5-6-11-10(7-9)15-14-16(3)8(2)12(13(18)19)17(11)14/h5-7H,4H2,1-3H3,(H,18,19). The Labute approximate surface area is 110 Å². The third-order valence-electron chi connectivity index (χ3n) is 3.68. The van der Waals surface area contributed by atoms with Crippen molar-refractivity contribution in [2.45, 2.75) is 20.3 Å². The monoisotopic (exact) mass is 257 g/mol. The summed E-state index contributed by atoms with van der Waals surface area (Å²) in [6.45, 7) is 3.88. The van der Waals surface area contributed by atoms with E-state index >= 15 is 0 Å². The maximum absolute atomic E-state index is 11.5. The summed E-state index contributed by atoms with van der Waals surface area (Å²) in [5, 5.41) is 9.39. The van der Waals surface area contributed by atoms with Crippen LogP contribution in [0.25, 0.3) is 16.8 Å². The molecular formula is C14H15N3O2. The number of carboxylic acids is 1. The Kier molecular flexibility index (Phi) is 2.38. The molecule has 0 aliphatic rings. The van der Waals surface area contributed by atoms with Gasteiger partial charge in [-0.25, -0.2) is 9.78 Å². The van der Waals surface area contributed by atoms with Gasteiger partial charge >= 0.3 is 5.97 Å². The van der Waals surface area contributed by atoms with Crippen molar-refractivity contribution in [3.63, 3.8) is 0 Å². The second-order valence-corrected chi connectivity index (χ2v) is 4.72. The minimum atomic E-state index is -0.929. The molecule has 0 atom stereocenters. The van der Waals surface area contributed by atoms with Gasteiger partial charge in [0.15, 0.2) is 5.69 Å². The highest BCUT2D eigenvalue weighted by Crippen LogP contribution is 2.23. The fourth-order valence-electron chi connectivity index (χ4n) is 2.50. The minimum Gasteiger partial charge on any atom is -0.477 e. The first-order chi connectivity index (χ1) is 9.04. The fraction of sp³-hybridized carbons (Fsp3) is 0.286. The van der Waals surface area contributed by atoms with E-state index in [1.54, 1.807) is 11.3 Å². The van der Waals surface area contributed by atoms with Crippen molar-refractivity contribution < 1.29 is 9.90 Å². The number of aromatic carboxylic acids is 1. The van der Waals surface area contributed by atoms with Gasteiger partial charge < -0.3 is 9.67 Å². The molecule has 0 amide bonds. The Morgan fingerprint density at radius 2 is 2.16 bits per heavy atom. The molecule has 0 saturated heterocycles. The Balaban J connectivity index is 2.49. The number of carbonyl (C=O) groups is 1. The number of aryl methyl sites for hydroxylation is 2. The minimum absolute atomic E-state index is 0.282. The maximum Gasteiger partial charge on any atom is 0.354 e. The third-order valence-corrected chi connectivity index (χ3v) is 3.68. The van der Waals surface area contributed by atoms with E-state index in [1.807, 2.05) is 29.8 Å².